The molecule has 7 rings (SSSR count). The molecule has 7 atom stereocenters. The minimum atomic E-state index is -0.741. The van der Waals surface area contributed by atoms with Gasteiger partial charge in [-0.2, -0.15) is 0 Å². The number of allylic oxidation sites excluding steroid dienone is 1. The number of ether oxygens (including phenoxy) is 2. The monoisotopic (exact) mass is 566 g/mol. The molecule has 1 N–H and O–H groups in total. The summed E-state index contributed by atoms with van der Waals surface area (Å²) in [6.07, 6.45) is 20.1. The Morgan fingerprint density at radius 1 is 0.902 bits per heavy atom. The maximum absolute atomic E-state index is 12.9. The number of nitrogens with zero attached hydrogens (tertiary/aromatic N) is 2. The van der Waals surface area contributed by atoms with Crippen LogP contribution in [0, 0.1) is 22.7 Å². The van der Waals surface area contributed by atoms with Crippen LogP contribution in [0.15, 0.2) is 34.7 Å². The van der Waals surface area contributed by atoms with Gasteiger partial charge in [0.1, 0.15) is 5.60 Å². The molecular weight excluding hydrogens is 512 g/mol. The first-order valence-corrected chi connectivity index (χ1v) is 17.0. The molecule has 3 heterocycles. The highest BCUT2D eigenvalue weighted by Crippen LogP contribution is 2.71. The topological polar surface area (TPSA) is 58.3 Å². The molecule has 6 aliphatic rings. The number of likely N-dealkylation sites (tertiary alicyclic amines) is 2. The fraction of sp³-hybridized carbons (Fsp3) is 0.829. The van der Waals surface area contributed by atoms with Crippen molar-refractivity contribution in [3.8, 4) is 0 Å². The summed E-state index contributed by atoms with van der Waals surface area (Å²) in [5, 5.41) is 12.9. The normalized spacial score (nSPS) is 43.1. The third-order valence-corrected chi connectivity index (χ3v) is 13.3. The van der Waals surface area contributed by atoms with Crippen molar-refractivity contribution < 1.29 is 19.0 Å². The second-order valence-electron chi connectivity index (χ2n) is 14.9. The lowest BCUT2D eigenvalue weighted by atomic mass is 9.45. The van der Waals surface area contributed by atoms with E-state index in [1.54, 1.807) is 11.8 Å². The highest BCUT2D eigenvalue weighted by molar-refractivity contribution is 5.34. The zero-order chi connectivity index (χ0) is 28.1. The number of fused-ring (bicyclic) bond motifs is 5. The second kappa shape index (κ2) is 11.1. The van der Waals surface area contributed by atoms with Gasteiger partial charge < -0.3 is 28.8 Å². The number of furan rings is 1. The third kappa shape index (κ3) is 4.61. The molecule has 6 nitrogen and oxygen atoms in total. The van der Waals surface area contributed by atoms with Crippen LogP contribution in [-0.4, -0.2) is 79.1 Å². The lowest BCUT2D eigenvalue weighted by Gasteiger charge is -2.62. The molecule has 3 saturated carbocycles. The molecule has 1 aromatic rings. The minimum absolute atomic E-state index is 0.173. The van der Waals surface area contributed by atoms with Crippen LogP contribution in [0.4, 0.5) is 0 Å². The van der Waals surface area contributed by atoms with Crippen molar-refractivity contribution in [1.29, 1.82) is 0 Å². The van der Waals surface area contributed by atoms with Crippen molar-refractivity contribution in [2.75, 3.05) is 52.5 Å². The van der Waals surface area contributed by atoms with E-state index in [0.29, 0.717) is 18.6 Å². The average molecular weight is 567 g/mol. The van der Waals surface area contributed by atoms with Crippen molar-refractivity contribution in [3.63, 3.8) is 0 Å². The van der Waals surface area contributed by atoms with Crippen molar-refractivity contribution in [2.24, 2.45) is 22.7 Å². The van der Waals surface area contributed by atoms with Gasteiger partial charge in [0.05, 0.1) is 37.4 Å². The third-order valence-electron chi connectivity index (χ3n) is 13.3. The van der Waals surface area contributed by atoms with Crippen LogP contribution in [0.25, 0.3) is 0 Å². The molecule has 41 heavy (non-hydrogen) atoms. The van der Waals surface area contributed by atoms with Gasteiger partial charge in [-0.1, -0.05) is 25.5 Å². The first-order valence-electron chi connectivity index (χ1n) is 17.0. The summed E-state index contributed by atoms with van der Waals surface area (Å²) in [7, 11) is 0. The molecule has 6 heteroatoms. The Balaban J connectivity index is 1.08. The lowest BCUT2D eigenvalue weighted by molar-refractivity contribution is -0.233. The Bertz CT molecular complexity index is 1080. The molecule has 0 bridgehead atoms. The van der Waals surface area contributed by atoms with Crippen LogP contribution in [0.1, 0.15) is 96.5 Å². The van der Waals surface area contributed by atoms with Crippen LogP contribution in [0.5, 0.6) is 0 Å². The van der Waals surface area contributed by atoms with Gasteiger partial charge in [-0.05, 0) is 127 Å². The number of aliphatic hydroxyl groups is 1. The predicted molar refractivity (Wildman–Crippen MR) is 161 cm³/mol. The summed E-state index contributed by atoms with van der Waals surface area (Å²) >= 11 is 0. The molecule has 4 aliphatic carbocycles. The number of hydrogen-bond acceptors (Lipinski definition) is 6. The maximum Gasteiger partial charge on any atom is 0.104 e. The molecule has 0 spiro atoms. The molecule has 0 aromatic carbocycles. The van der Waals surface area contributed by atoms with Crippen LogP contribution < -0.4 is 0 Å². The van der Waals surface area contributed by atoms with Gasteiger partial charge in [0, 0.05) is 24.1 Å². The molecule has 0 unspecified atom stereocenters. The molecular formula is C35H54N2O4. The predicted octanol–water partition coefficient (Wildman–Crippen LogP) is 6.15. The van der Waals surface area contributed by atoms with Crippen LogP contribution >= 0.6 is 0 Å². The molecule has 2 saturated heterocycles. The fourth-order valence-electron chi connectivity index (χ4n) is 10.7. The van der Waals surface area contributed by atoms with E-state index in [1.807, 2.05) is 6.26 Å². The lowest BCUT2D eigenvalue weighted by Crippen LogP contribution is -2.63. The molecule has 0 radical (unpaired) electrons. The molecule has 0 amide bonds. The summed E-state index contributed by atoms with van der Waals surface area (Å²) in [6.45, 7) is 13.4. The van der Waals surface area contributed by atoms with Crippen molar-refractivity contribution in [2.45, 2.75) is 108 Å². The molecule has 5 fully saturated rings. The standard InChI is InChI=1S/C35H54N2O4/c1-32-12-9-29(40-23-20-36-16-3-4-17-36)25-27(32)7-8-31-30(32)10-13-33(2)34(31,38)14-15-35(33,28-11-22-39-26-28)41-24-21-37-18-5-6-19-37/h7,11,22,26,29-31,38H,3-6,8-10,12-21,23-25H2,1-2H3/t29-,30-,31+,32-,33-,34-,35-/m0/s1. The smallest absolute Gasteiger partial charge is 0.104 e. The van der Waals surface area contributed by atoms with Crippen molar-refractivity contribution in [1.82, 2.24) is 9.80 Å². The van der Waals surface area contributed by atoms with Gasteiger partial charge in [-0.15, -0.1) is 0 Å². The zero-order valence-corrected chi connectivity index (χ0v) is 25.7. The molecule has 1 aromatic heterocycles. The Morgan fingerprint density at radius 3 is 2.34 bits per heavy atom. The van der Waals surface area contributed by atoms with Gasteiger partial charge in [-0.3, -0.25) is 0 Å². The summed E-state index contributed by atoms with van der Waals surface area (Å²) in [6, 6.07) is 2.10. The Kier molecular flexibility index (Phi) is 7.72. The van der Waals surface area contributed by atoms with Crippen LogP contribution in [0.2, 0.25) is 0 Å². The Hall–Kier alpha value is -1.18. The van der Waals surface area contributed by atoms with Gasteiger partial charge >= 0.3 is 0 Å². The summed E-state index contributed by atoms with van der Waals surface area (Å²) in [5.41, 5.74) is 1.34. The van der Waals surface area contributed by atoms with Crippen molar-refractivity contribution >= 4 is 0 Å². The second-order valence-corrected chi connectivity index (χ2v) is 14.9. The minimum Gasteiger partial charge on any atom is -0.472 e. The largest absolute Gasteiger partial charge is 0.472 e. The van der Waals surface area contributed by atoms with Crippen molar-refractivity contribution in [3.05, 3.63) is 35.8 Å². The fourth-order valence-corrected chi connectivity index (χ4v) is 10.7. The van der Waals surface area contributed by atoms with Gasteiger partial charge in [-0.25, -0.2) is 0 Å². The molecule has 2 aliphatic heterocycles. The summed E-state index contributed by atoms with van der Waals surface area (Å²) < 4.78 is 19.2. The first-order chi connectivity index (χ1) is 19.9. The molecule has 228 valence electrons. The van der Waals surface area contributed by atoms with Gasteiger partial charge in [0.2, 0.25) is 0 Å². The SMILES string of the molecule is C[C@]12CC[C@H]3[C@@H](CC=C4C[C@@H](OCCN5CCCC5)CC[C@@]43C)[C@@]1(O)CC[C@]2(OCCN1CCCC1)c1ccoc1. The average Bonchev–Trinajstić information content (AvgIpc) is 3.79. The van der Waals surface area contributed by atoms with Crippen LogP contribution in [-0.2, 0) is 15.1 Å². The number of hydrogen-bond donors (Lipinski definition) is 1. The summed E-state index contributed by atoms with van der Waals surface area (Å²) in [5.74, 6) is 0.800. The van der Waals surface area contributed by atoms with E-state index in [-0.39, 0.29) is 16.7 Å². The maximum atomic E-state index is 12.9. The van der Waals surface area contributed by atoms with E-state index in [1.165, 1.54) is 58.3 Å². The zero-order valence-electron chi connectivity index (χ0n) is 25.7. The Morgan fingerprint density at radius 2 is 1.63 bits per heavy atom. The Labute approximate surface area is 247 Å². The van der Waals surface area contributed by atoms with E-state index in [4.69, 9.17) is 13.9 Å². The van der Waals surface area contributed by atoms with E-state index in [2.05, 4.69) is 35.8 Å². The van der Waals surface area contributed by atoms with E-state index < -0.39 is 11.2 Å². The van der Waals surface area contributed by atoms with E-state index >= 15 is 0 Å². The number of rotatable bonds is 9. The van der Waals surface area contributed by atoms with E-state index in [0.717, 1.165) is 70.2 Å². The summed E-state index contributed by atoms with van der Waals surface area (Å²) in [4.78, 5) is 5.09. The van der Waals surface area contributed by atoms with Gasteiger partial charge in [0.25, 0.3) is 0 Å². The quantitative estimate of drug-likeness (QED) is 0.362. The van der Waals surface area contributed by atoms with Gasteiger partial charge in [0.15, 0.2) is 0 Å². The van der Waals surface area contributed by atoms with E-state index in [9.17, 15) is 5.11 Å². The van der Waals surface area contributed by atoms with Crippen LogP contribution in [0.3, 0.4) is 0 Å². The highest BCUT2D eigenvalue weighted by Gasteiger charge is 2.72. The highest BCUT2D eigenvalue weighted by atomic mass is 16.5. The first kappa shape index (κ1) is 28.6.